The first-order valence-corrected chi connectivity index (χ1v) is 7.05. The van der Waals surface area contributed by atoms with E-state index in [-0.39, 0.29) is 0 Å². The molecule has 1 aliphatic carbocycles. The Balaban J connectivity index is 2.25. The Labute approximate surface area is 111 Å². The molecule has 2 unspecified atom stereocenters. The van der Waals surface area contributed by atoms with Gasteiger partial charge in [-0.2, -0.15) is 0 Å². The molecule has 0 spiro atoms. The van der Waals surface area contributed by atoms with Crippen molar-refractivity contribution in [3.8, 4) is 5.75 Å². The van der Waals surface area contributed by atoms with Crippen LogP contribution in [0, 0.1) is 11.3 Å². The third-order valence-electron chi connectivity index (χ3n) is 3.97. The molecule has 18 heavy (non-hydrogen) atoms. The van der Waals surface area contributed by atoms with E-state index in [2.05, 4.69) is 50.4 Å². The lowest BCUT2D eigenvalue weighted by Crippen LogP contribution is -2.25. The summed E-state index contributed by atoms with van der Waals surface area (Å²) in [5.41, 5.74) is 1.78. The van der Waals surface area contributed by atoms with Crippen molar-refractivity contribution in [2.75, 3.05) is 13.2 Å². The molecule has 2 rings (SSSR count). The van der Waals surface area contributed by atoms with E-state index in [0.717, 1.165) is 24.8 Å². The van der Waals surface area contributed by atoms with Gasteiger partial charge >= 0.3 is 0 Å². The van der Waals surface area contributed by atoms with E-state index < -0.39 is 0 Å². The van der Waals surface area contributed by atoms with Crippen LogP contribution in [0.5, 0.6) is 5.75 Å². The van der Waals surface area contributed by atoms with Crippen molar-refractivity contribution in [1.29, 1.82) is 0 Å². The van der Waals surface area contributed by atoms with E-state index in [0.29, 0.717) is 11.5 Å². The maximum atomic E-state index is 5.77. The van der Waals surface area contributed by atoms with Crippen LogP contribution in [0.1, 0.15) is 45.7 Å². The van der Waals surface area contributed by atoms with Gasteiger partial charge in [0.05, 0.1) is 6.61 Å². The lowest BCUT2D eigenvalue weighted by atomic mass is 9.96. The van der Waals surface area contributed by atoms with Gasteiger partial charge in [0.2, 0.25) is 0 Å². The highest BCUT2D eigenvalue weighted by Crippen LogP contribution is 2.58. The zero-order chi connectivity index (χ0) is 13.2. The summed E-state index contributed by atoms with van der Waals surface area (Å²) in [4.78, 5) is 0. The van der Waals surface area contributed by atoms with E-state index >= 15 is 0 Å². The molecule has 0 aromatic heterocycles. The molecule has 2 nitrogen and oxygen atoms in total. The summed E-state index contributed by atoms with van der Waals surface area (Å²) in [6.45, 7) is 10.6. The van der Waals surface area contributed by atoms with E-state index in [1.807, 2.05) is 6.92 Å². The summed E-state index contributed by atoms with van der Waals surface area (Å²) < 4.78 is 5.77. The van der Waals surface area contributed by atoms with Crippen LogP contribution in [-0.4, -0.2) is 13.2 Å². The Hall–Kier alpha value is -1.02. The molecule has 0 amide bonds. The maximum Gasteiger partial charge on any atom is 0.124 e. The number of hydrogen-bond donors (Lipinski definition) is 1. The molecule has 1 fully saturated rings. The average Bonchev–Trinajstić information content (AvgIpc) is 2.97. The Kier molecular flexibility index (Phi) is 3.96. The molecule has 1 aromatic rings. The molecule has 0 heterocycles. The van der Waals surface area contributed by atoms with Crippen LogP contribution in [0.2, 0.25) is 0 Å². The topological polar surface area (TPSA) is 21.3 Å². The van der Waals surface area contributed by atoms with Crippen LogP contribution >= 0.6 is 0 Å². The molecule has 0 aliphatic heterocycles. The van der Waals surface area contributed by atoms with Gasteiger partial charge in [0.25, 0.3) is 0 Å². The Morgan fingerprint density at radius 2 is 2.00 bits per heavy atom. The van der Waals surface area contributed by atoms with Crippen LogP contribution in [0.15, 0.2) is 24.3 Å². The molecule has 2 heteroatoms. The second kappa shape index (κ2) is 5.31. The number of para-hydroxylation sites is 1. The van der Waals surface area contributed by atoms with Crippen molar-refractivity contribution < 1.29 is 4.74 Å². The molecule has 100 valence electrons. The van der Waals surface area contributed by atoms with Gasteiger partial charge < -0.3 is 10.1 Å². The molecule has 1 aromatic carbocycles. The van der Waals surface area contributed by atoms with Gasteiger partial charge in [-0.15, -0.1) is 0 Å². The SMILES string of the molecule is CCNC(c1ccccc1OCC)C1CC1(C)C. The first-order valence-electron chi connectivity index (χ1n) is 7.05. The molecule has 0 bridgehead atoms. The number of rotatable bonds is 6. The average molecular weight is 247 g/mol. The van der Waals surface area contributed by atoms with Gasteiger partial charge in [0, 0.05) is 11.6 Å². The maximum absolute atomic E-state index is 5.77. The van der Waals surface area contributed by atoms with Crippen molar-refractivity contribution in [3.05, 3.63) is 29.8 Å². The van der Waals surface area contributed by atoms with Gasteiger partial charge in [-0.05, 0) is 37.3 Å². The zero-order valence-corrected chi connectivity index (χ0v) is 12.0. The van der Waals surface area contributed by atoms with Crippen molar-refractivity contribution >= 4 is 0 Å². The Bertz CT molecular complexity index is 400. The third kappa shape index (κ3) is 2.69. The number of hydrogen-bond acceptors (Lipinski definition) is 2. The molecule has 1 aliphatic rings. The molecule has 1 saturated carbocycles. The summed E-state index contributed by atoms with van der Waals surface area (Å²) in [5.74, 6) is 1.76. The fraction of sp³-hybridized carbons (Fsp3) is 0.625. The van der Waals surface area contributed by atoms with Gasteiger partial charge in [0.15, 0.2) is 0 Å². The summed E-state index contributed by atoms with van der Waals surface area (Å²) in [6.07, 6.45) is 1.30. The second-order valence-electron chi connectivity index (χ2n) is 5.81. The van der Waals surface area contributed by atoms with Crippen molar-refractivity contribution in [2.45, 2.75) is 40.2 Å². The van der Waals surface area contributed by atoms with Crippen LogP contribution in [0.25, 0.3) is 0 Å². The number of benzene rings is 1. The highest BCUT2D eigenvalue weighted by atomic mass is 16.5. The molecular formula is C16H25NO. The standard InChI is InChI=1S/C16H25NO/c1-5-17-15(13-11-16(13,3)4)12-9-7-8-10-14(12)18-6-2/h7-10,13,15,17H,5-6,11H2,1-4H3. The largest absolute Gasteiger partial charge is 0.494 e. The van der Waals surface area contributed by atoms with E-state index in [1.165, 1.54) is 12.0 Å². The molecule has 0 radical (unpaired) electrons. The van der Waals surface area contributed by atoms with Gasteiger partial charge in [-0.25, -0.2) is 0 Å². The van der Waals surface area contributed by atoms with Crippen molar-refractivity contribution in [1.82, 2.24) is 5.32 Å². The van der Waals surface area contributed by atoms with Crippen LogP contribution in [0.4, 0.5) is 0 Å². The second-order valence-corrected chi connectivity index (χ2v) is 5.81. The van der Waals surface area contributed by atoms with Crippen molar-refractivity contribution in [2.24, 2.45) is 11.3 Å². The lowest BCUT2D eigenvalue weighted by Gasteiger charge is -2.22. The number of nitrogens with one attached hydrogen (secondary N) is 1. The highest BCUT2D eigenvalue weighted by molar-refractivity contribution is 5.37. The highest BCUT2D eigenvalue weighted by Gasteiger charge is 2.50. The molecule has 2 atom stereocenters. The fourth-order valence-corrected chi connectivity index (χ4v) is 2.79. The van der Waals surface area contributed by atoms with Gasteiger partial charge in [0.1, 0.15) is 5.75 Å². The van der Waals surface area contributed by atoms with E-state index in [4.69, 9.17) is 4.74 Å². The van der Waals surface area contributed by atoms with Gasteiger partial charge in [-0.3, -0.25) is 0 Å². The number of ether oxygens (including phenoxy) is 1. The minimum Gasteiger partial charge on any atom is -0.494 e. The third-order valence-corrected chi connectivity index (χ3v) is 3.97. The van der Waals surface area contributed by atoms with Crippen LogP contribution in [0.3, 0.4) is 0 Å². The zero-order valence-electron chi connectivity index (χ0n) is 12.0. The lowest BCUT2D eigenvalue weighted by molar-refractivity contribution is 0.325. The van der Waals surface area contributed by atoms with Crippen LogP contribution in [-0.2, 0) is 0 Å². The first-order chi connectivity index (χ1) is 8.60. The van der Waals surface area contributed by atoms with Crippen molar-refractivity contribution in [3.63, 3.8) is 0 Å². The normalized spacial score (nSPS) is 22.6. The predicted molar refractivity (Wildman–Crippen MR) is 75.9 cm³/mol. The predicted octanol–water partition coefficient (Wildman–Crippen LogP) is 3.78. The minimum absolute atomic E-state index is 0.424. The summed E-state index contributed by atoms with van der Waals surface area (Å²) in [6, 6.07) is 8.87. The summed E-state index contributed by atoms with van der Waals surface area (Å²) >= 11 is 0. The fourth-order valence-electron chi connectivity index (χ4n) is 2.79. The Morgan fingerprint density at radius 3 is 2.56 bits per heavy atom. The smallest absolute Gasteiger partial charge is 0.124 e. The monoisotopic (exact) mass is 247 g/mol. The Morgan fingerprint density at radius 1 is 1.33 bits per heavy atom. The molecular weight excluding hydrogens is 222 g/mol. The summed E-state index contributed by atoms with van der Waals surface area (Å²) in [5, 5.41) is 3.64. The summed E-state index contributed by atoms with van der Waals surface area (Å²) in [7, 11) is 0. The van der Waals surface area contributed by atoms with Crippen LogP contribution < -0.4 is 10.1 Å². The quantitative estimate of drug-likeness (QED) is 0.826. The molecule has 0 saturated heterocycles. The minimum atomic E-state index is 0.424. The van der Waals surface area contributed by atoms with E-state index in [9.17, 15) is 0 Å². The first kappa shape index (κ1) is 13.4. The van der Waals surface area contributed by atoms with E-state index in [1.54, 1.807) is 0 Å². The van der Waals surface area contributed by atoms with Gasteiger partial charge in [-0.1, -0.05) is 39.0 Å². The molecule has 1 N–H and O–H groups in total.